The topological polar surface area (TPSA) is 75.4 Å². The Morgan fingerprint density at radius 2 is 2.04 bits per heavy atom. The molecule has 0 aliphatic rings. The number of carbonyl (C=O) groups excluding carboxylic acids is 1. The number of amides is 1. The number of nitrogens with zero attached hydrogens (tertiary/aromatic N) is 3. The molecule has 0 bridgehead atoms. The van der Waals surface area contributed by atoms with Gasteiger partial charge < -0.3 is 10.0 Å². The number of benzene rings is 1. The average Bonchev–Trinajstić information content (AvgIpc) is 2.54. The number of halogens is 2. The van der Waals surface area contributed by atoms with Crippen molar-refractivity contribution < 1.29 is 9.90 Å². The first kappa shape index (κ1) is 18.4. The van der Waals surface area contributed by atoms with E-state index in [-0.39, 0.29) is 19.1 Å². The molecule has 1 amide bonds. The summed E-state index contributed by atoms with van der Waals surface area (Å²) in [5, 5.41) is 9.82. The van der Waals surface area contributed by atoms with Gasteiger partial charge in [-0.25, -0.2) is 9.78 Å². The van der Waals surface area contributed by atoms with Crippen LogP contribution in [0.2, 0.25) is 10.0 Å². The number of hydrogen-bond donors (Lipinski definition) is 1. The monoisotopic (exact) mass is 369 g/mol. The molecule has 0 saturated carbocycles. The van der Waals surface area contributed by atoms with Gasteiger partial charge >= 0.3 is 5.69 Å². The van der Waals surface area contributed by atoms with E-state index in [0.29, 0.717) is 28.6 Å². The third kappa shape index (κ3) is 4.80. The lowest BCUT2D eigenvalue weighted by Crippen LogP contribution is -2.34. The normalized spacial score (nSPS) is 10.7. The number of carbonyl (C=O) groups is 1. The smallest absolute Gasteiger partial charge is 0.347 e. The maximum atomic E-state index is 12.3. The zero-order valence-electron chi connectivity index (χ0n) is 13.1. The SMILES string of the molecule is CN(Cc1ccc(Cl)c(Cl)c1)C(=O)Cn1cc(CCO)cnc1=O. The quantitative estimate of drug-likeness (QED) is 0.841. The van der Waals surface area contributed by atoms with Crippen LogP contribution in [0.4, 0.5) is 0 Å². The van der Waals surface area contributed by atoms with Gasteiger partial charge in [0.2, 0.25) is 5.91 Å². The molecule has 0 aliphatic heterocycles. The minimum atomic E-state index is -0.507. The van der Waals surface area contributed by atoms with Crippen LogP contribution in [0.5, 0.6) is 0 Å². The van der Waals surface area contributed by atoms with Gasteiger partial charge in [0.05, 0.1) is 10.0 Å². The molecule has 1 aromatic carbocycles. The summed E-state index contributed by atoms with van der Waals surface area (Å²) in [6, 6.07) is 5.15. The van der Waals surface area contributed by atoms with Gasteiger partial charge in [-0.3, -0.25) is 9.36 Å². The minimum Gasteiger partial charge on any atom is -0.396 e. The Balaban J connectivity index is 2.07. The number of rotatable bonds is 6. The molecule has 2 rings (SSSR count). The van der Waals surface area contributed by atoms with E-state index in [2.05, 4.69) is 4.98 Å². The molecular weight excluding hydrogens is 353 g/mol. The second kappa shape index (κ2) is 8.28. The average molecular weight is 370 g/mol. The van der Waals surface area contributed by atoms with Gasteiger partial charge in [0.1, 0.15) is 6.54 Å². The van der Waals surface area contributed by atoms with Gasteiger partial charge in [-0.1, -0.05) is 29.3 Å². The highest BCUT2D eigenvalue weighted by Gasteiger charge is 2.12. The molecule has 6 nitrogen and oxygen atoms in total. The van der Waals surface area contributed by atoms with Crippen LogP contribution in [-0.4, -0.2) is 39.1 Å². The highest BCUT2D eigenvalue weighted by molar-refractivity contribution is 6.42. The Morgan fingerprint density at radius 1 is 1.29 bits per heavy atom. The number of hydrogen-bond acceptors (Lipinski definition) is 4. The lowest BCUT2D eigenvalue weighted by Gasteiger charge is -2.18. The summed E-state index contributed by atoms with van der Waals surface area (Å²) in [5.74, 6) is -0.244. The van der Waals surface area contributed by atoms with Crippen molar-refractivity contribution in [2.24, 2.45) is 0 Å². The predicted octanol–water partition coefficient (Wildman–Crippen LogP) is 1.74. The molecule has 0 aliphatic carbocycles. The molecule has 0 fully saturated rings. The highest BCUT2D eigenvalue weighted by atomic mass is 35.5. The van der Waals surface area contributed by atoms with E-state index < -0.39 is 5.69 Å². The van der Waals surface area contributed by atoms with Crippen molar-refractivity contribution in [2.75, 3.05) is 13.7 Å². The standard InChI is InChI=1S/C16H17Cl2N3O3/c1-20(8-11-2-3-13(17)14(18)6-11)15(23)10-21-9-12(4-5-22)7-19-16(21)24/h2-3,6-7,9,22H,4-5,8,10H2,1H3. The lowest BCUT2D eigenvalue weighted by molar-refractivity contribution is -0.131. The van der Waals surface area contributed by atoms with E-state index in [4.69, 9.17) is 28.3 Å². The summed E-state index contributed by atoms with van der Waals surface area (Å²) < 4.78 is 1.23. The molecule has 128 valence electrons. The molecule has 24 heavy (non-hydrogen) atoms. The largest absolute Gasteiger partial charge is 0.396 e. The highest BCUT2D eigenvalue weighted by Crippen LogP contribution is 2.23. The number of aromatic nitrogens is 2. The summed E-state index contributed by atoms with van der Waals surface area (Å²) in [4.78, 5) is 29.3. The molecule has 1 N–H and O–H groups in total. The van der Waals surface area contributed by atoms with Gasteiger partial charge in [-0.15, -0.1) is 0 Å². The first-order valence-electron chi connectivity index (χ1n) is 7.25. The van der Waals surface area contributed by atoms with Crippen molar-refractivity contribution in [1.29, 1.82) is 0 Å². The van der Waals surface area contributed by atoms with Gasteiger partial charge in [0.25, 0.3) is 0 Å². The van der Waals surface area contributed by atoms with Crippen LogP contribution in [0.3, 0.4) is 0 Å². The zero-order chi connectivity index (χ0) is 17.7. The maximum absolute atomic E-state index is 12.3. The lowest BCUT2D eigenvalue weighted by atomic mass is 10.2. The fourth-order valence-electron chi connectivity index (χ4n) is 2.14. The second-order valence-corrected chi connectivity index (χ2v) is 6.16. The Kier molecular flexibility index (Phi) is 6.36. The first-order valence-corrected chi connectivity index (χ1v) is 8.00. The molecule has 0 atom stereocenters. The summed E-state index contributed by atoms with van der Waals surface area (Å²) in [5.41, 5.74) is 1.02. The first-order chi connectivity index (χ1) is 11.4. The van der Waals surface area contributed by atoms with Crippen molar-refractivity contribution in [3.05, 3.63) is 62.2 Å². The second-order valence-electron chi connectivity index (χ2n) is 5.34. The fraction of sp³-hybridized carbons (Fsp3) is 0.312. The Hall–Kier alpha value is -1.89. The summed E-state index contributed by atoms with van der Waals surface area (Å²) >= 11 is 11.8. The Morgan fingerprint density at radius 3 is 2.71 bits per heavy atom. The molecule has 1 aromatic heterocycles. The van der Waals surface area contributed by atoms with Crippen molar-refractivity contribution in [2.45, 2.75) is 19.5 Å². The summed E-state index contributed by atoms with van der Waals surface area (Å²) in [6.45, 7) is 0.169. The third-order valence-electron chi connectivity index (χ3n) is 3.44. The molecule has 0 unspecified atom stereocenters. The molecule has 8 heteroatoms. The van der Waals surface area contributed by atoms with Crippen LogP contribution in [0.15, 0.2) is 35.4 Å². The summed E-state index contributed by atoms with van der Waals surface area (Å²) in [7, 11) is 1.64. The van der Waals surface area contributed by atoms with Crippen molar-refractivity contribution >= 4 is 29.1 Å². The van der Waals surface area contributed by atoms with Crippen LogP contribution < -0.4 is 5.69 Å². The van der Waals surface area contributed by atoms with E-state index >= 15 is 0 Å². The molecule has 0 spiro atoms. The van der Waals surface area contributed by atoms with Crippen LogP contribution in [-0.2, 0) is 24.3 Å². The van der Waals surface area contributed by atoms with Crippen molar-refractivity contribution in [1.82, 2.24) is 14.5 Å². The number of likely N-dealkylation sites (N-methyl/N-ethyl adjacent to an activating group) is 1. The maximum Gasteiger partial charge on any atom is 0.347 e. The van der Waals surface area contributed by atoms with Crippen LogP contribution in [0.1, 0.15) is 11.1 Å². The van der Waals surface area contributed by atoms with E-state index in [1.807, 2.05) is 0 Å². The van der Waals surface area contributed by atoms with Crippen LogP contribution in [0.25, 0.3) is 0 Å². The van der Waals surface area contributed by atoms with Crippen molar-refractivity contribution in [3.8, 4) is 0 Å². The molecule has 0 radical (unpaired) electrons. The predicted molar refractivity (Wildman–Crippen MR) is 92.2 cm³/mol. The third-order valence-corrected chi connectivity index (χ3v) is 4.18. The van der Waals surface area contributed by atoms with E-state index in [1.54, 1.807) is 25.2 Å². The van der Waals surface area contributed by atoms with E-state index in [9.17, 15) is 9.59 Å². The van der Waals surface area contributed by atoms with Gasteiger partial charge in [-0.05, 0) is 29.7 Å². The van der Waals surface area contributed by atoms with Crippen LogP contribution >= 0.6 is 23.2 Å². The molecule has 1 heterocycles. The summed E-state index contributed by atoms with van der Waals surface area (Å²) in [6.07, 6.45) is 3.32. The molecule has 0 saturated heterocycles. The van der Waals surface area contributed by atoms with E-state index in [1.165, 1.54) is 21.9 Å². The fourth-order valence-corrected chi connectivity index (χ4v) is 2.46. The van der Waals surface area contributed by atoms with Gasteiger partial charge in [0, 0.05) is 32.6 Å². The molecule has 2 aromatic rings. The molecular formula is C16H17Cl2N3O3. The van der Waals surface area contributed by atoms with Crippen molar-refractivity contribution in [3.63, 3.8) is 0 Å². The van der Waals surface area contributed by atoms with Gasteiger partial charge in [0.15, 0.2) is 0 Å². The minimum absolute atomic E-state index is 0.0505. The number of aliphatic hydroxyl groups is 1. The zero-order valence-corrected chi connectivity index (χ0v) is 14.6. The Bertz CT molecular complexity index is 792. The van der Waals surface area contributed by atoms with E-state index in [0.717, 1.165) is 5.56 Å². The van der Waals surface area contributed by atoms with Crippen LogP contribution in [0, 0.1) is 0 Å². The van der Waals surface area contributed by atoms with Gasteiger partial charge in [-0.2, -0.15) is 0 Å². The Labute approximate surface area is 149 Å². The number of aliphatic hydroxyl groups excluding tert-OH is 1.